The fourth-order valence-electron chi connectivity index (χ4n) is 2.21. The molecule has 0 spiro atoms. The zero-order chi connectivity index (χ0) is 21.7. The number of hydrogen-bond acceptors (Lipinski definition) is 8. The average Bonchev–Trinajstić information content (AvgIpc) is 2.77. The van der Waals surface area contributed by atoms with Crippen molar-refractivity contribution in [2.75, 3.05) is 93.5 Å². The molecule has 1 aromatic carbocycles. The highest BCUT2D eigenvalue weighted by Gasteiger charge is 2.03. The molecule has 0 aliphatic carbocycles. The third-order valence-electron chi connectivity index (χ3n) is 3.76. The van der Waals surface area contributed by atoms with Crippen LogP contribution in [0.1, 0.15) is 5.56 Å². The molecule has 0 aliphatic rings. The molecular weight excluding hydrogens is 392 g/mol. The van der Waals surface area contributed by atoms with E-state index in [4.69, 9.17) is 37.9 Å². The van der Waals surface area contributed by atoms with Crippen LogP contribution in [0.2, 0.25) is 0 Å². The first-order chi connectivity index (χ1) is 14.8. The normalized spacial score (nSPS) is 10.9. The zero-order valence-electron chi connectivity index (χ0n) is 18.3. The SMILES string of the molecule is C=C(OCCOCCOCCOC)c1cccc(OCCOCCOCCOC)c1. The van der Waals surface area contributed by atoms with Gasteiger partial charge in [-0.1, -0.05) is 18.7 Å². The van der Waals surface area contributed by atoms with Crippen molar-refractivity contribution >= 4 is 5.76 Å². The van der Waals surface area contributed by atoms with Gasteiger partial charge in [-0.05, 0) is 12.1 Å². The molecule has 0 atom stereocenters. The van der Waals surface area contributed by atoms with Gasteiger partial charge in [-0.2, -0.15) is 0 Å². The summed E-state index contributed by atoms with van der Waals surface area (Å²) in [4.78, 5) is 0. The van der Waals surface area contributed by atoms with Crippen LogP contribution >= 0.6 is 0 Å². The Hall–Kier alpha value is -1.68. The molecule has 1 aromatic rings. The van der Waals surface area contributed by atoms with Crippen LogP contribution in [-0.2, 0) is 33.2 Å². The lowest BCUT2D eigenvalue weighted by Gasteiger charge is -2.12. The quantitative estimate of drug-likeness (QED) is 0.218. The summed E-state index contributed by atoms with van der Waals surface area (Å²) in [6, 6.07) is 7.60. The predicted molar refractivity (Wildman–Crippen MR) is 114 cm³/mol. The van der Waals surface area contributed by atoms with Gasteiger partial charge in [-0.15, -0.1) is 0 Å². The van der Waals surface area contributed by atoms with Crippen molar-refractivity contribution in [3.8, 4) is 5.75 Å². The predicted octanol–water partition coefficient (Wildman–Crippen LogP) is 2.41. The topological polar surface area (TPSA) is 73.8 Å². The van der Waals surface area contributed by atoms with Crippen LogP contribution in [0.15, 0.2) is 30.8 Å². The minimum absolute atomic E-state index is 0.419. The Morgan fingerprint density at radius 1 is 0.667 bits per heavy atom. The van der Waals surface area contributed by atoms with Crippen molar-refractivity contribution < 1.29 is 37.9 Å². The number of rotatable bonds is 21. The molecule has 0 amide bonds. The van der Waals surface area contributed by atoms with Crippen LogP contribution in [0.3, 0.4) is 0 Å². The molecule has 8 heteroatoms. The minimum atomic E-state index is 0.419. The Morgan fingerprint density at radius 3 is 1.73 bits per heavy atom. The summed E-state index contributed by atoms with van der Waals surface area (Å²) in [6.07, 6.45) is 0. The van der Waals surface area contributed by atoms with E-state index in [0.717, 1.165) is 11.3 Å². The maximum Gasteiger partial charge on any atom is 0.120 e. The first-order valence-electron chi connectivity index (χ1n) is 10.1. The second-order valence-electron chi connectivity index (χ2n) is 6.08. The minimum Gasteiger partial charge on any atom is -0.491 e. The van der Waals surface area contributed by atoms with Crippen LogP contribution in [0.25, 0.3) is 5.76 Å². The van der Waals surface area contributed by atoms with Crippen LogP contribution in [0.5, 0.6) is 5.75 Å². The van der Waals surface area contributed by atoms with Crippen LogP contribution in [0.4, 0.5) is 0 Å². The van der Waals surface area contributed by atoms with Gasteiger partial charge in [-0.25, -0.2) is 0 Å². The smallest absolute Gasteiger partial charge is 0.120 e. The molecule has 0 saturated carbocycles. The summed E-state index contributed by atoms with van der Waals surface area (Å²) in [5, 5.41) is 0. The van der Waals surface area contributed by atoms with E-state index >= 15 is 0 Å². The lowest BCUT2D eigenvalue weighted by Crippen LogP contribution is -2.12. The molecular formula is C22H36O8. The molecule has 8 nitrogen and oxygen atoms in total. The molecule has 1 rings (SSSR count). The number of benzene rings is 1. The maximum atomic E-state index is 5.71. The van der Waals surface area contributed by atoms with E-state index in [0.29, 0.717) is 85.0 Å². The molecule has 0 N–H and O–H groups in total. The van der Waals surface area contributed by atoms with Crippen LogP contribution in [0, 0.1) is 0 Å². The molecule has 30 heavy (non-hydrogen) atoms. The van der Waals surface area contributed by atoms with Gasteiger partial charge in [0.15, 0.2) is 0 Å². The molecule has 0 bridgehead atoms. The average molecular weight is 429 g/mol. The van der Waals surface area contributed by atoms with E-state index < -0.39 is 0 Å². The standard InChI is InChI=1S/C22H36O8/c1-20(29-17-15-27-13-11-25-9-7-23-2)21-5-4-6-22(19-21)30-18-16-28-14-12-26-10-8-24-3/h4-6,19H,1,7-18H2,2-3H3. The summed E-state index contributed by atoms with van der Waals surface area (Å²) < 4.78 is 42.7. The summed E-state index contributed by atoms with van der Waals surface area (Å²) in [6.45, 7) is 10.2. The highest BCUT2D eigenvalue weighted by Crippen LogP contribution is 2.19. The second-order valence-corrected chi connectivity index (χ2v) is 6.08. The number of methoxy groups -OCH3 is 2. The fraction of sp³-hybridized carbons (Fsp3) is 0.636. The van der Waals surface area contributed by atoms with Gasteiger partial charge < -0.3 is 37.9 Å². The third-order valence-corrected chi connectivity index (χ3v) is 3.76. The first kappa shape index (κ1) is 26.4. The van der Waals surface area contributed by atoms with Gasteiger partial charge in [0.2, 0.25) is 0 Å². The molecule has 0 unspecified atom stereocenters. The van der Waals surface area contributed by atoms with E-state index in [9.17, 15) is 0 Å². The van der Waals surface area contributed by atoms with Gasteiger partial charge in [0.05, 0.1) is 66.1 Å². The van der Waals surface area contributed by atoms with E-state index in [1.807, 2.05) is 24.3 Å². The van der Waals surface area contributed by atoms with Gasteiger partial charge >= 0.3 is 0 Å². The zero-order valence-corrected chi connectivity index (χ0v) is 18.3. The van der Waals surface area contributed by atoms with Crippen molar-refractivity contribution in [2.45, 2.75) is 0 Å². The molecule has 0 heterocycles. The first-order valence-corrected chi connectivity index (χ1v) is 10.1. The summed E-state index contributed by atoms with van der Waals surface area (Å²) in [7, 11) is 3.29. The maximum absolute atomic E-state index is 5.71. The Bertz CT molecular complexity index is 538. The van der Waals surface area contributed by atoms with E-state index in [1.165, 1.54) is 0 Å². The van der Waals surface area contributed by atoms with Crippen LogP contribution in [-0.4, -0.2) is 93.5 Å². The van der Waals surface area contributed by atoms with E-state index in [2.05, 4.69) is 6.58 Å². The monoisotopic (exact) mass is 428 g/mol. The summed E-state index contributed by atoms with van der Waals surface area (Å²) >= 11 is 0. The molecule has 0 radical (unpaired) electrons. The third kappa shape index (κ3) is 14.3. The lowest BCUT2D eigenvalue weighted by molar-refractivity contribution is 0.0158. The van der Waals surface area contributed by atoms with Gasteiger partial charge in [0, 0.05) is 19.8 Å². The van der Waals surface area contributed by atoms with Crippen molar-refractivity contribution in [2.24, 2.45) is 0 Å². The Balaban J connectivity index is 2.09. The van der Waals surface area contributed by atoms with Crippen molar-refractivity contribution in [3.05, 3.63) is 36.4 Å². The van der Waals surface area contributed by atoms with E-state index in [-0.39, 0.29) is 0 Å². The fourth-order valence-corrected chi connectivity index (χ4v) is 2.21. The van der Waals surface area contributed by atoms with Crippen molar-refractivity contribution in [1.82, 2.24) is 0 Å². The van der Waals surface area contributed by atoms with Gasteiger partial charge in [-0.3, -0.25) is 0 Å². The highest BCUT2D eigenvalue weighted by atomic mass is 16.6. The Morgan fingerprint density at radius 2 is 1.17 bits per heavy atom. The van der Waals surface area contributed by atoms with Crippen molar-refractivity contribution in [1.29, 1.82) is 0 Å². The molecule has 0 fully saturated rings. The summed E-state index contributed by atoms with van der Waals surface area (Å²) in [5.74, 6) is 1.31. The van der Waals surface area contributed by atoms with Gasteiger partial charge in [0.1, 0.15) is 24.7 Å². The van der Waals surface area contributed by atoms with Crippen molar-refractivity contribution in [3.63, 3.8) is 0 Å². The second kappa shape index (κ2) is 19.3. The lowest BCUT2D eigenvalue weighted by atomic mass is 10.2. The largest absolute Gasteiger partial charge is 0.491 e. The van der Waals surface area contributed by atoms with E-state index in [1.54, 1.807) is 14.2 Å². The Kier molecular flexibility index (Phi) is 16.9. The molecule has 0 aromatic heterocycles. The number of hydrogen-bond donors (Lipinski definition) is 0. The summed E-state index contributed by atoms with van der Waals surface area (Å²) in [5.41, 5.74) is 0.864. The molecule has 0 aliphatic heterocycles. The van der Waals surface area contributed by atoms with Gasteiger partial charge in [0.25, 0.3) is 0 Å². The van der Waals surface area contributed by atoms with Crippen LogP contribution < -0.4 is 4.74 Å². The Labute approximate surface area is 179 Å². The number of ether oxygens (including phenoxy) is 8. The molecule has 172 valence electrons. The molecule has 0 saturated heterocycles. The highest BCUT2D eigenvalue weighted by molar-refractivity contribution is 5.59.